The molecule has 0 radical (unpaired) electrons. The summed E-state index contributed by atoms with van der Waals surface area (Å²) in [6, 6.07) is 22.2. The fourth-order valence-corrected chi connectivity index (χ4v) is 3.32. The molecular formula is C22H19FN2O. The van der Waals surface area contributed by atoms with Crippen molar-refractivity contribution in [1.82, 2.24) is 0 Å². The average molecular weight is 346 g/mol. The summed E-state index contributed by atoms with van der Waals surface area (Å²) in [7, 11) is 0. The zero-order valence-electron chi connectivity index (χ0n) is 14.3. The first-order chi connectivity index (χ1) is 12.7. The van der Waals surface area contributed by atoms with E-state index in [1.54, 1.807) is 12.1 Å². The Hall–Kier alpha value is -3.14. The fourth-order valence-electron chi connectivity index (χ4n) is 3.32. The predicted octanol–water partition coefficient (Wildman–Crippen LogP) is 4.64. The van der Waals surface area contributed by atoms with Gasteiger partial charge >= 0.3 is 0 Å². The van der Waals surface area contributed by atoms with E-state index in [0.29, 0.717) is 5.69 Å². The number of benzene rings is 3. The molecule has 130 valence electrons. The zero-order chi connectivity index (χ0) is 17.9. The first-order valence-corrected chi connectivity index (χ1v) is 8.68. The summed E-state index contributed by atoms with van der Waals surface area (Å²) in [4.78, 5) is 14.5. The monoisotopic (exact) mass is 346 g/mol. The highest BCUT2D eigenvalue weighted by atomic mass is 19.1. The molecule has 0 fully saturated rings. The van der Waals surface area contributed by atoms with E-state index in [9.17, 15) is 9.18 Å². The molecular weight excluding hydrogens is 327 g/mol. The van der Waals surface area contributed by atoms with Crippen molar-refractivity contribution in [1.29, 1.82) is 0 Å². The highest BCUT2D eigenvalue weighted by Gasteiger charge is 2.16. The van der Waals surface area contributed by atoms with Crippen LogP contribution in [-0.2, 0) is 13.0 Å². The molecule has 3 nitrogen and oxygen atoms in total. The Morgan fingerprint density at radius 3 is 2.35 bits per heavy atom. The molecule has 0 atom stereocenters. The third kappa shape index (κ3) is 3.31. The molecule has 0 aliphatic carbocycles. The van der Waals surface area contributed by atoms with E-state index in [0.717, 1.165) is 25.2 Å². The van der Waals surface area contributed by atoms with E-state index in [1.165, 1.54) is 23.3 Å². The van der Waals surface area contributed by atoms with Crippen molar-refractivity contribution in [2.45, 2.75) is 13.0 Å². The van der Waals surface area contributed by atoms with Crippen molar-refractivity contribution >= 4 is 17.3 Å². The second-order valence-electron chi connectivity index (χ2n) is 6.42. The van der Waals surface area contributed by atoms with Gasteiger partial charge in [0.1, 0.15) is 5.82 Å². The number of fused-ring (bicyclic) bond motifs is 1. The van der Waals surface area contributed by atoms with Crippen LogP contribution in [0.2, 0.25) is 0 Å². The van der Waals surface area contributed by atoms with Crippen LogP contribution in [0.3, 0.4) is 0 Å². The van der Waals surface area contributed by atoms with Crippen LogP contribution in [0.5, 0.6) is 0 Å². The lowest BCUT2D eigenvalue weighted by molar-refractivity contribution is 0.102. The van der Waals surface area contributed by atoms with Crippen LogP contribution in [-0.4, -0.2) is 12.5 Å². The van der Waals surface area contributed by atoms with Crippen molar-refractivity contribution in [3.8, 4) is 0 Å². The number of rotatable bonds is 3. The van der Waals surface area contributed by atoms with Gasteiger partial charge in [-0.3, -0.25) is 4.79 Å². The molecule has 0 saturated heterocycles. The number of halogens is 1. The van der Waals surface area contributed by atoms with Gasteiger partial charge in [0.05, 0.1) is 5.56 Å². The van der Waals surface area contributed by atoms with Crippen molar-refractivity contribution in [3.05, 3.63) is 95.3 Å². The quantitative estimate of drug-likeness (QED) is 0.749. The largest absolute Gasteiger partial charge is 0.367 e. The van der Waals surface area contributed by atoms with Crippen LogP contribution in [0.4, 0.5) is 15.8 Å². The summed E-state index contributed by atoms with van der Waals surface area (Å²) in [6.45, 7) is 1.86. The Bertz CT molecular complexity index is 937. The summed E-state index contributed by atoms with van der Waals surface area (Å²) in [5, 5.41) is 2.75. The van der Waals surface area contributed by atoms with E-state index < -0.39 is 11.7 Å². The molecule has 0 spiro atoms. The van der Waals surface area contributed by atoms with Gasteiger partial charge in [0.25, 0.3) is 5.91 Å². The van der Waals surface area contributed by atoms with Gasteiger partial charge in [-0.05, 0) is 53.9 Å². The first kappa shape index (κ1) is 16.3. The molecule has 1 heterocycles. The molecule has 4 rings (SSSR count). The van der Waals surface area contributed by atoms with Gasteiger partial charge in [-0.15, -0.1) is 0 Å². The van der Waals surface area contributed by atoms with E-state index in [4.69, 9.17) is 0 Å². The number of nitrogens with zero attached hydrogens (tertiary/aromatic N) is 1. The number of hydrogen-bond donors (Lipinski definition) is 1. The lowest BCUT2D eigenvalue weighted by atomic mass is 9.99. The smallest absolute Gasteiger partial charge is 0.258 e. The minimum atomic E-state index is -0.520. The SMILES string of the molecule is O=C(Nc1ccc(N2CCc3ccccc3C2)cc1)c1ccccc1F. The van der Waals surface area contributed by atoms with Gasteiger partial charge in [0.2, 0.25) is 0 Å². The predicted molar refractivity (Wildman–Crippen MR) is 102 cm³/mol. The summed E-state index contributed by atoms with van der Waals surface area (Å²) in [6.07, 6.45) is 1.03. The van der Waals surface area contributed by atoms with Gasteiger partial charge in [0.15, 0.2) is 0 Å². The molecule has 3 aromatic carbocycles. The van der Waals surface area contributed by atoms with Crippen LogP contribution in [0.25, 0.3) is 0 Å². The number of carbonyl (C=O) groups is 1. The highest BCUT2D eigenvalue weighted by molar-refractivity contribution is 6.04. The third-order valence-corrected chi connectivity index (χ3v) is 4.74. The van der Waals surface area contributed by atoms with Gasteiger partial charge in [-0.2, -0.15) is 0 Å². The number of hydrogen-bond acceptors (Lipinski definition) is 2. The summed E-state index contributed by atoms with van der Waals surface area (Å²) >= 11 is 0. The van der Waals surface area contributed by atoms with E-state index in [1.807, 2.05) is 24.3 Å². The van der Waals surface area contributed by atoms with Crippen molar-refractivity contribution < 1.29 is 9.18 Å². The van der Waals surface area contributed by atoms with E-state index >= 15 is 0 Å². The topological polar surface area (TPSA) is 32.3 Å². The van der Waals surface area contributed by atoms with Crippen LogP contribution in [0.15, 0.2) is 72.8 Å². The summed E-state index contributed by atoms with van der Waals surface area (Å²) < 4.78 is 13.7. The average Bonchev–Trinajstić information content (AvgIpc) is 2.68. The first-order valence-electron chi connectivity index (χ1n) is 8.68. The molecule has 0 aromatic heterocycles. The van der Waals surface area contributed by atoms with Crippen LogP contribution in [0.1, 0.15) is 21.5 Å². The summed E-state index contributed by atoms with van der Waals surface area (Å²) in [5.74, 6) is -0.962. The fraction of sp³-hybridized carbons (Fsp3) is 0.136. The van der Waals surface area contributed by atoms with Crippen molar-refractivity contribution in [2.75, 3.05) is 16.8 Å². The van der Waals surface area contributed by atoms with Gasteiger partial charge in [-0.25, -0.2) is 4.39 Å². The number of anilines is 2. The second kappa shape index (κ2) is 7.00. The lowest BCUT2D eigenvalue weighted by Gasteiger charge is -2.30. The number of amides is 1. The molecule has 1 N–H and O–H groups in total. The molecule has 0 unspecified atom stereocenters. The molecule has 4 heteroatoms. The van der Waals surface area contributed by atoms with Crippen molar-refractivity contribution in [3.63, 3.8) is 0 Å². The molecule has 1 aliphatic rings. The number of carbonyl (C=O) groups excluding carboxylic acids is 1. The molecule has 0 saturated carbocycles. The van der Waals surface area contributed by atoms with Gasteiger partial charge < -0.3 is 10.2 Å². The molecule has 1 amide bonds. The third-order valence-electron chi connectivity index (χ3n) is 4.74. The maximum Gasteiger partial charge on any atom is 0.258 e. The van der Waals surface area contributed by atoms with E-state index in [-0.39, 0.29) is 5.56 Å². The zero-order valence-corrected chi connectivity index (χ0v) is 14.3. The van der Waals surface area contributed by atoms with Gasteiger partial charge in [0, 0.05) is 24.5 Å². The molecule has 3 aromatic rings. The Labute approximate surface area is 152 Å². The van der Waals surface area contributed by atoms with Crippen LogP contribution >= 0.6 is 0 Å². The minimum absolute atomic E-state index is 0.0456. The Morgan fingerprint density at radius 1 is 0.885 bits per heavy atom. The number of nitrogens with one attached hydrogen (secondary N) is 1. The van der Waals surface area contributed by atoms with Gasteiger partial charge in [-0.1, -0.05) is 36.4 Å². The standard InChI is InChI=1S/C22H19FN2O/c23-21-8-4-3-7-20(21)22(26)24-18-9-11-19(12-10-18)25-14-13-16-5-1-2-6-17(16)15-25/h1-12H,13-15H2,(H,24,26). The highest BCUT2D eigenvalue weighted by Crippen LogP contribution is 2.25. The molecule has 0 bridgehead atoms. The maximum atomic E-state index is 13.7. The summed E-state index contributed by atoms with van der Waals surface area (Å²) in [5.41, 5.74) is 4.58. The second-order valence-corrected chi connectivity index (χ2v) is 6.42. The van der Waals surface area contributed by atoms with Crippen LogP contribution in [0, 0.1) is 5.82 Å². The maximum absolute atomic E-state index is 13.7. The van der Waals surface area contributed by atoms with E-state index in [2.05, 4.69) is 34.5 Å². The lowest BCUT2D eigenvalue weighted by Crippen LogP contribution is -2.30. The Balaban J connectivity index is 1.46. The molecule has 1 aliphatic heterocycles. The molecule has 26 heavy (non-hydrogen) atoms. The van der Waals surface area contributed by atoms with Crippen LogP contribution < -0.4 is 10.2 Å². The van der Waals surface area contributed by atoms with Crippen molar-refractivity contribution in [2.24, 2.45) is 0 Å². The normalized spacial score (nSPS) is 13.2. The Kier molecular flexibility index (Phi) is 4.40. The Morgan fingerprint density at radius 2 is 1.58 bits per heavy atom. The minimum Gasteiger partial charge on any atom is -0.367 e.